The topological polar surface area (TPSA) is 131 Å². The number of halogens is 1. The van der Waals surface area contributed by atoms with Gasteiger partial charge in [0.05, 0.1) is 35.1 Å². The molecule has 5 heterocycles. The maximum atomic E-state index is 14.7. The molecule has 1 aromatic carbocycles. The molecule has 3 N–H and O–H groups in total. The van der Waals surface area contributed by atoms with Crippen molar-refractivity contribution in [2.24, 2.45) is 0 Å². The highest BCUT2D eigenvalue weighted by molar-refractivity contribution is 7.99. The van der Waals surface area contributed by atoms with Crippen molar-refractivity contribution >= 4 is 34.5 Å². The van der Waals surface area contributed by atoms with Gasteiger partial charge in [0.2, 0.25) is 5.91 Å². The molecule has 1 amide bonds. The highest BCUT2D eigenvalue weighted by Crippen LogP contribution is 2.48. The SMILES string of the molecule is Cc1c(F)cc2nc3c(c4c2c1SCC4NC(=O)CO)Cn1c-3cc2c(c1=O)COC(=O)C2O. The van der Waals surface area contributed by atoms with Crippen molar-refractivity contribution < 1.29 is 28.9 Å². The Morgan fingerprint density at radius 1 is 1.35 bits per heavy atom. The Bertz CT molecular complexity index is 1520. The Labute approximate surface area is 195 Å². The standard InChI is InChI=1S/C23H18FN3O6S/c1-8-12(24)3-13-18-17(14(7-34-21(8)18)25-16(29)5-28)10-4-27-15(19(10)26-13)2-9-11(22(27)31)6-33-23(32)20(9)30/h2-3,14,20,28,30H,4-7H2,1H3,(H,25,29). The number of hydrogen-bond donors (Lipinski definition) is 3. The maximum absolute atomic E-state index is 14.7. The van der Waals surface area contributed by atoms with Crippen LogP contribution in [0.1, 0.15) is 40.0 Å². The number of rotatable bonds is 2. The third-order valence-electron chi connectivity index (χ3n) is 6.65. The van der Waals surface area contributed by atoms with Crippen LogP contribution >= 0.6 is 11.8 Å². The van der Waals surface area contributed by atoms with Crippen LogP contribution in [0.5, 0.6) is 0 Å². The van der Waals surface area contributed by atoms with E-state index in [1.807, 2.05) is 0 Å². The minimum Gasteiger partial charge on any atom is -0.458 e. The highest BCUT2D eigenvalue weighted by Gasteiger charge is 2.37. The van der Waals surface area contributed by atoms with E-state index in [1.54, 1.807) is 13.0 Å². The van der Waals surface area contributed by atoms with Crippen molar-refractivity contribution in [3.05, 3.63) is 56.1 Å². The number of ether oxygens (including phenoxy) is 1. The first-order valence-corrected chi connectivity index (χ1v) is 11.6. The summed E-state index contributed by atoms with van der Waals surface area (Å²) in [6.07, 6.45) is -1.58. The lowest BCUT2D eigenvalue weighted by atomic mass is 9.93. The number of benzene rings is 1. The minimum absolute atomic E-state index is 0.158. The Morgan fingerprint density at radius 3 is 2.91 bits per heavy atom. The molecule has 2 aromatic heterocycles. The van der Waals surface area contributed by atoms with Crippen LogP contribution in [0.15, 0.2) is 21.8 Å². The van der Waals surface area contributed by atoms with E-state index in [0.29, 0.717) is 39.2 Å². The van der Waals surface area contributed by atoms with E-state index in [-0.39, 0.29) is 24.3 Å². The number of hydrogen-bond acceptors (Lipinski definition) is 8. The summed E-state index contributed by atoms with van der Waals surface area (Å²) in [6, 6.07) is 2.40. The van der Waals surface area contributed by atoms with Gasteiger partial charge in [-0.05, 0) is 24.1 Å². The molecule has 9 nitrogen and oxygen atoms in total. The summed E-state index contributed by atoms with van der Waals surface area (Å²) in [5, 5.41) is 23.1. The van der Waals surface area contributed by atoms with Crippen LogP contribution in [0.25, 0.3) is 22.3 Å². The molecule has 3 aliphatic rings. The molecule has 11 heteroatoms. The Hall–Kier alpha value is -3.28. The van der Waals surface area contributed by atoms with Crippen LogP contribution in [0.3, 0.4) is 0 Å². The molecule has 2 atom stereocenters. The highest BCUT2D eigenvalue weighted by atomic mass is 32.2. The molecule has 0 saturated heterocycles. The fourth-order valence-electron chi connectivity index (χ4n) is 5.03. The van der Waals surface area contributed by atoms with Crippen molar-refractivity contribution in [2.75, 3.05) is 12.4 Å². The zero-order chi connectivity index (χ0) is 23.9. The van der Waals surface area contributed by atoms with Gasteiger partial charge in [-0.1, -0.05) is 0 Å². The number of nitrogens with one attached hydrogen (secondary N) is 1. The monoisotopic (exact) mass is 483 g/mol. The number of nitrogens with zero attached hydrogens (tertiary/aromatic N) is 2. The summed E-state index contributed by atoms with van der Waals surface area (Å²) < 4.78 is 21.2. The number of esters is 1. The maximum Gasteiger partial charge on any atom is 0.340 e. The first-order valence-electron chi connectivity index (χ1n) is 10.6. The first kappa shape index (κ1) is 21.3. The second-order valence-electron chi connectivity index (χ2n) is 8.51. The number of aliphatic hydroxyl groups excluding tert-OH is 2. The van der Waals surface area contributed by atoms with Crippen LogP contribution in [0, 0.1) is 12.7 Å². The third kappa shape index (κ3) is 2.80. The van der Waals surface area contributed by atoms with Crippen molar-refractivity contribution in [3.63, 3.8) is 0 Å². The lowest BCUT2D eigenvalue weighted by Crippen LogP contribution is -2.34. The molecule has 0 radical (unpaired) electrons. The quantitative estimate of drug-likeness (QED) is 0.363. The van der Waals surface area contributed by atoms with E-state index in [1.165, 1.54) is 22.4 Å². The molecule has 34 heavy (non-hydrogen) atoms. The summed E-state index contributed by atoms with van der Waals surface area (Å²) in [5.74, 6) is -1.38. The number of cyclic esters (lactones) is 1. The van der Waals surface area contributed by atoms with Gasteiger partial charge in [-0.15, -0.1) is 11.8 Å². The molecule has 0 aliphatic carbocycles. The van der Waals surface area contributed by atoms with Gasteiger partial charge in [0.1, 0.15) is 19.0 Å². The predicted molar refractivity (Wildman–Crippen MR) is 119 cm³/mol. The molecule has 2 unspecified atom stereocenters. The average Bonchev–Trinajstić information content (AvgIpc) is 3.19. The fraction of sp³-hybridized carbons (Fsp3) is 0.304. The summed E-state index contributed by atoms with van der Waals surface area (Å²) in [6.45, 7) is 0.937. The number of aliphatic hydroxyl groups is 2. The van der Waals surface area contributed by atoms with Crippen LogP contribution < -0.4 is 10.9 Å². The van der Waals surface area contributed by atoms with Gasteiger partial charge in [0.25, 0.3) is 5.56 Å². The largest absolute Gasteiger partial charge is 0.458 e. The molecule has 3 aromatic rings. The number of carbonyl (C=O) groups excluding carboxylic acids is 2. The summed E-state index contributed by atoms with van der Waals surface area (Å²) in [4.78, 5) is 42.7. The summed E-state index contributed by atoms with van der Waals surface area (Å²) in [7, 11) is 0. The smallest absolute Gasteiger partial charge is 0.340 e. The van der Waals surface area contributed by atoms with E-state index >= 15 is 0 Å². The summed E-state index contributed by atoms with van der Waals surface area (Å²) in [5.41, 5.74) is 3.08. The number of fused-ring (bicyclic) bond motifs is 5. The van der Waals surface area contributed by atoms with E-state index in [9.17, 15) is 29.0 Å². The molecule has 0 spiro atoms. The Kier molecular flexibility index (Phi) is 4.60. The lowest BCUT2D eigenvalue weighted by Gasteiger charge is -2.29. The molecular weight excluding hydrogens is 465 g/mol. The Balaban J connectivity index is 1.66. The van der Waals surface area contributed by atoms with Crippen LogP contribution in [0.4, 0.5) is 4.39 Å². The number of carbonyl (C=O) groups is 2. The predicted octanol–water partition coefficient (Wildman–Crippen LogP) is 1.22. The van der Waals surface area contributed by atoms with E-state index in [0.717, 1.165) is 10.5 Å². The summed E-state index contributed by atoms with van der Waals surface area (Å²) >= 11 is 1.40. The van der Waals surface area contributed by atoms with Gasteiger partial charge >= 0.3 is 5.97 Å². The van der Waals surface area contributed by atoms with Gasteiger partial charge in [-0.25, -0.2) is 14.2 Å². The number of pyridine rings is 2. The zero-order valence-corrected chi connectivity index (χ0v) is 18.7. The second-order valence-corrected chi connectivity index (χ2v) is 9.54. The van der Waals surface area contributed by atoms with Crippen molar-refractivity contribution in [1.29, 1.82) is 0 Å². The van der Waals surface area contributed by atoms with Gasteiger partial charge < -0.3 is 24.8 Å². The van der Waals surface area contributed by atoms with Crippen molar-refractivity contribution in [3.8, 4) is 11.4 Å². The number of thioether (sulfide) groups is 1. The second kappa shape index (κ2) is 7.36. The van der Waals surface area contributed by atoms with Crippen LogP contribution in [-0.2, 0) is 27.5 Å². The number of aromatic nitrogens is 2. The molecular formula is C23H18FN3O6S. The Morgan fingerprint density at radius 2 is 2.15 bits per heavy atom. The molecule has 6 rings (SSSR count). The average molecular weight is 483 g/mol. The van der Waals surface area contributed by atoms with E-state index < -0.39 is 42.0 Å². The molecule has 0 bridgehead atoms. The van der Waals surface area contributed by atoms with E-state index in [4.69, 9.17) is 9.72 Å². The van der Waals surface area contributed by atoms with Crippen molar-refractivity contribution in [1.82, 2.24) is 14.9 Å². The lowest BCUT2D eigenvalue weighted by molar-refractivity contribution is -0.157. The molecule has 0 saturated carbocycles. The fourth-order valence-corrected chi connectivity index (χ4v) is 6.28. The van der Waals surface area contributed by atoms with Gasteiger partial charge in [0.15, 0.2) is 6.10 Å². The van der Waals surface area contributed by atoms with Gasteiger partial charge in [0, 0.05) is 33.2 Å². The molecule has 174 valence electrons. The first-order chi connectivity index (χ1) is 16.3. The molecule has 3 aliphatic heterocycles. The van der Waals surface area contributed by atoms with Crippen LogP contribution in [-0.4, -0.2) is 44.0 Å². The zero-order valence-electron chi connectivity index (χ0n) is 17.8. The van der Waals surface area contributed by atoms with Gasteiger partial charge in [-0.3, -0.25) is 9.59 Å². The van der Waals surface area contributed by atoms with Crippen LogP contribution in [0.2, 0.25) is 0 Å². The minimum atomic E-state index is -1.58. The van der Waals surface area contributed by atoms with E-state index in [2.05, 4.69) is 5.32 Å². The normalized spacial score (nSPS) is 19.9. The third-order valence-corrected chi connectivity index (χ3v) is 7.95. The van der Waals surface area contributed by atoms with Crippen molar-refractivity contribution in [2.45, 2.75) is 37.1 Å². The van der Waals surface area contributed by atoms with Gasteiger partial charge in [-0.2, -0.15) is 0 Å². The number of amides is 1. The molecule has 0 fully saturated rings.